The molecule has 0 radical (unpaired) electrons. The number of carboxylic acid groups (broad SMARTS) is 2. The Hall–Kier alpha value is -4.88. The van der Waals surface area contributed by atoms with Gasteiger partial charge in [-0.3, -0.25) is 4.79 Å². The van der Waals surface area contributed by atoms with Gasteiger partial charge in [-0.15, -0.1) is 0 Å². The number of aromatic nitrogens is 2. The number of aromatic amines is 1. The number of H-pyrrole nitrogens is 1. The third-order valence-corrected chi connectivity index (χ3v) is 4.94. The largest absolute Gasteiger partial charge is 0.490 e. The van der Waals surface area contributed by atoms with Crippen molar-refractivity contribution >= 4 is 23.9 Å². The Morgan fingerprint density at radius 2 is 1.44 bits per heavy atom. The van der Waals surface area contributed by atoms with Crippen LogP contribution < -0.4 is 10.6 Å². The Bertz CT molecular complexity index is 1210. The monoisotopic (exact) mass is 550 g/mol. The molecule has 5 N–H and O–H groups in total. The second kappa shape index (κ2) is 14.8. The minimum atomic E-state index is -5.08. The Balaban J connectivity index is 0.000000673. The van der Waals surface area contributed by atoms with E-state index in [0.717, 1.165) is 11.1 Å². The average Bonchev–Trinajstić information content (AvgIpc) is 3.41. The minimum Gasteiger partial charge on any atom is -0.480 e. The maximum Gasteiger partial charge on any atom is 0.490 e. The van der Waals surface area contributed by atoms with Crippen molar-refractivity contribution in [2.24, 2.45) is 0 Å². The summed E-state index contributed by atoms with van der Waals surface area (Å²) < 4.78 is 36.9. The number of carboxylic acids is 2. The lowest BCUT2D eigenvalue weighted by molar-refractivity contribution is -0.192. The molecule has 0 unspecified atom stereocenters. The number of imidazole rings is 1. The topological polar surface area (TPSA) is 171 Å². The molecule has 0 bridgehead atoms. The Morgan fingerprint density at radius 3 is 1.92 bits per heavy atom. The number of carbonyl (C=O) groups is 4. The van der Waals surface area contributed by atoms with Gasteiger partial charge in [-0.25, -0.2) is 19.4 Å². The van der Waals surface area contributed by atoms with Crippen molar-refractivity contribution in [1.82, 2.24) is 20.6 Å². The zero-order chi connectivity index (χ0) is 28.8. The highest BCUT2D eigenvalue weighted by Gasteiger charge is 2.38. The molecule has 14 heteroatoms. The number of amides is 2. The van der Waals surface area contributed by atoms with Gasteiger partial charge in [0.25, 0.3) is 0 Å². The molecular formula is C25H25F3N4O7. The normalized spacial score (nSPS) is 12.2. The molecule has 0 aliphatic heterocycles. The lowest BCUT2D eigenvalue weighted by Crippen LogP contribution is -2.53. The van der Waals surface area contributed by atoms with E-state index >= 15 is 0 Å². The summed E-state index contributed by atoms with van der Waals surface area (Å²) in [6.45, 7) is 0.0385. The first-order valence-corrected chi connectivity index (χ1v) is 11.3. The molecule has 208 valence electrons. The van der Waals surface area contributed by atoms with Crippen molar-refractivity contribution in [1.29, 1.82) is 0 Å². The molecule has 2 aromatic carbocycles. The average molecular weight is 550 g/mol. The molecule has 1 aromatic heterocycles. The number of benzene rings is 2. The van der Waals surface area contributed by atoms with Crippen LogP contribution in [0.15, 0.2) is 73.2 Å². The molecule has 39 heavy (non-hydrogen) atoms. The quantitative estimate of drug-likeness (QED) is 0.256. The van der Waals surface area contributed by atoms with E-state index in [1.165, 1.54) is 12.5 Å². The van der Waals surface area contributed by atoms with Crippen LogP contribution in [0, 0.1) is 0 Å². The standard InChI is InChI=1S/C23H24N4O5.C2HF3O2/c28-21(26-20(22(29)30)11-16-7-3-1-4-8-16)19(12-18-13-24-15-25-18)27-23(31)32-14-17-9-5-2-6-10-17;3-2(4,5)1(6)7/h1-10,13,15,19-20H,11-12,14H2,(H,24,25)(H,26,28)(H,27,31)(H,29,30);(H,6,7)/t19-,20-;/m0./s1. The van der Waals surface area contributed by atoms with Gasteiger partial charge >= 0.3 is 24.2 Å². The Kier molecular flexibility index (Phi) is 11.5. The number of nitrogens with zero attached hydrogens (tertiary/aromatic N) is 1. The summed E-state index contributed by atoms with van der Waals surface area (Å²) in [7, 11) is 0. The van der Waals surface area contributed by atoms with Crippen LogP contribution in [-0.2, 0) is 38.6 Å². The van der Waals surface area contributed by atoms with Gasteiger partial charge < -0.3 is 30.6 Å². The maximum absolute atomic E-state index is 12.9. The highest BCUT2D eigenvalue weighted by atomic mass is 19.4. The predicted molar refractivity (Wildman–Crippen MR) is 129 cm³/mol. The lowest BCUT2D eigenvalue weighted by atomic mass is 10.0. The number of carbonyl (C=O) groups excluding carboxylic acids is 2. The number of hydrogen-bond donors (Lipinski definition) is 5. The number of ether oxygens (including phenoxy) is 1. The third kappa shape index (κ3) is 11.4. The fraction of sp³-hybridized carbons (Fsp3) is 0.240. The van der Waals surface area contributed by atoms with Crippen LogP contribution in [0.5, 0.6) is 0 Å². The smallest absolute Gasteiger partial charge is 0.480 e. The number of hydrogen-bond acceptors (Lipinski definition) is 6. The van der Waals surface area contributed by atoms with Crippen molar-refractivity contribution in [3.8, 4) is 0 Å². The summed E-state index contributed by atoms with van der Waals surface area (Å²) in [6.07, 6.45) is -2.70. The fourth-order valence-electron chi connectivity index (χ4n) is 3.05. The van der Waals surface area contributed by atoms with Crippen molar-refractivity contribution in [3.63, 3.8) is 0 Å². The van der Waals surface area contributed by atoms with Gasteiger partial charge in [0, 0.05) is 24.7 Å². The van der Waals surface area contributed by atoms with Gasteiger partial charge in [0.1, 0.15) is 18.7 Å². The molecule has 0 aliphatic rings. The van der Waals surface area contributed by atoms with Crippen molar-refractivity contribution in [2.75, 3.05) is 0 Å². The molecule has 3 aromatic rings. The molecule has 2 atom stereocenters. The molecule has 3 rings (SSSR count). The molecule has 0 spiro atoms. The van der Waals surface area contributed by atoms with E-state index in [9.17, 15) is 32.7 Å². The van der Waals surface area contributed by atoms with Gasteiger partial charge in [0.2, 0.25) is 5.91 Å². The van der Waals surface area contributed by atoms with E-state index in [2.05, 4.69) is 20.6 Å². The SMILES string of the molecule is O=C(N[C@@H](Cc1cnc[nH]1)C(=O)N[C@@H](Cc1ccccc1)C(=O)O)OCc1ccccc1.O=C(O)C(F)(F)F. The lowest BCUT2D eigenvalue weighted by Gasteiger charge is -2.21. The summed E-state index contributed by atoms with van der Waals surface area (Å²) in [6, 6.07) is 15.9. The van der Waals surface area contributed by atoms with E-state index in [-0.39, 0.29) is 19.4 Å². The van der Waals surface area contributed by atoms with Crippen LogP contribution in [0.1, 0.15) is 16.8 Å². The van der Waals surface area contributed by atoms with Crippen LogP contribution in [0.25, 0.3) is 0 Å². The van der Waals surface area contributed by atoms with Crippen molar-refractivity contribution in [3.05, 3.63) is 90.0 Å². The Labute approximate surface area is 220 Å². The van der Waals surface area contributed by atoms with E-state index in [0.29, 0.717) is 5.69 Å². The van der Waals surface area contributed by atoms with Crippen LogP contribution >= 0.6 is 0 Å². The summed E-state index contributed by atoms with van der Waals surface area (Å²) in [5.41, 5.74) is 2.16. The van der Waals surface area contributed by atoms with Crippen LogP contribution in [0.4, 0.5) is 18.0 Å². The van der Waals surface area contributed by atoms with Gasteiger partial charge in [0.05, 0.1) is 6.33 Å². The van der Waals surface area contributed by atoms with Crippen LogP contribution in [0.2, 0.25) is 0 Å². The number of aliphatic carboxylic acids is 2. The van der Waals surface area contributed by atoms with Gasteiger partial charge in [0.15, 0.2) is 0 Å². The molecule has 0 fully saturated rings. The van der Waals surface area contributed by atoms with E-state index < -0.39 is 42.2 Å². The molecule has 0 saturated heterocycles. The van der Waals surface area contributed by atoms with E-state index in [1.807, 2.05) is 36.4 Å². The second-order valence-corrected chi connectivity index (χ2v) is 7.93. The van der Waals surface area contributed by atoms with Crippen LogP contribution in [0.3, 0.4) is 0 Å². The van der Waals surface area contributed by atoms with Crippen molar-refractivity contribution < 1.29 is 47.3 Å². The summed E-state index contributed by atoms with van der Waals surface area (Å²) in [4.78, 5) is 52.6. The highest BCUT2D eigenvalue weighted by molar-refractivity contribution is 5.89. The number of halogens is 3. The molecule has 11 nitrogen and oxygen atoms in total. The molecule has 0 aliphatic carbocycles. The van der Waals surface area contributed by atoms with Crippen LogP contribution in [-0.4, -0.2) is 62.4 Å². The molecule has 2 amide bonds. The number of nitrogens with one attached hydrogen (secondary N) is 3. The number of rotatable bonds is 10. The molecular weight excluding hydrogens is 525 g/mol. The first-order valence-electron chi connectivity index (χ1n) is 11.3. The zero-order valence-corrected chi connectivity index (χ0v) is 20.2. The number of alkyl halides is 3. The number of alkyl carbamates (subject to hydrolysis) is 1. The third-order valence-electron chi connectivity index (χ3n) is 4.94. The predicted octanol–water partition coefficient (Wildman–Crippen LogP) is 2.69. The Morgan fingerprint density at radius 1 is 0.872 bits per heavy atom. The second-order valence-electron chi connectivity index (χ2n) is 7.93. The first kappa shape index (κ1) is 30.3. The summed E-state index contributed by atoms with van der Waals surface area (Å²) in [5, 5.41) is 21.7. The summed E-state index contributed by atoms with van der Waals surface area (Å²) >= 11 is 0. The molecule has 1 heterocycles. The maximum atomic E-state index is 12.9. The minimum absolute atomic E-state index is 0.0385. The zero-order valence-electron chi connectivity index (χ0n) is 20.2. The van der Waals surface area contributed by atoms with E-state index in [1.54, 1.807) is 24.3 Å². The summed E-state index contributed by atoms with van der Waals surface area (Å²) in [5.74, 6) is -4.57. The van der Waals surface area contributed by atoms with Crippen molar-refractivity contribution in [2.45, 2.75) is 37.7 Å². The van der Waals surface area contributed by atoms with Gasteiger partial charge in [-0.2, -0.15) is 13.2 Å². The highest BCUT2D eigenvalue weighted by Crippen LogP contribution is 2.13. The molecule has 0 saturated carbocycles. The first-order chi connectivity index (χ1) is 18.5. The van der Waals surface area contributed by atoms with E-state index in [4.69, 9.17) is 14.6 Å². The van der Waals surface area contributed by atoms with Gasteiger partial charge in [-0.1, -0.05) is 60.7 Å². The van der Waals surface area contributed by atoms with Gasteiger partial charge in [-0.05, 0) is 11.1 Å². The fourth-order valence-corrected chi connectivity index (χ4v) is 3.05.